The van der Waals surface area contributed by atoms with Gasteiger partial charge in [-0.2, -0.15) is 0 Å². The Labute approximate surface area is 91.7 Å². The van der Waals surface area contributed by atoms with Crippen molar-refractivity contribution in [3.8, 4) is 0 Å². The number of ketones is 1. The monoisotopic (exact) mass is 227 g/mol. The van der Waals surface area contributed by atoms with Crippen LogP contribution in [0, 0.1) is 0 Å². The van der Waals surface area contributed by atoms with Gasteiger partial charge in [-0.05, 0) is 12.1 Å². The topological polar surface area (TPSA) is 80.4 Å². The van der Waals surface area contributed by atoms with Crippen LogP contribution < -0.4 is 5.73 Å². The number of nitrogens with two attached hydrogens (primary N) is 1. The second kappa shape index (κ2) is 4.91. The van der Waals surface area contributed by atoms with Gasteiger partial charge < -0.3 is 10.8 Å². The van der Waals surface area contributed by atoms with Gasteiger partial charge in [0.1, 0.15) is 6.04 Å². The van der Waals surface area contributed by atoms with Crippen molar-refractivity contribution in [3.05, 3.63) is 34.9 Å². The van der Waals surface area contributed by atoms with Crippen LogP contribution >= 0.6 is 11.6 Å². The smallest absolute Gasteiger partial charge is 0.320 e. The molecule has 5 heteroatoms. The van der Waals surface area contributed by atoms with Crippen LogP contribution in [0.2, 0.25) is 5.02 Å². The van der Waals surface area contributed by atoms with Gasteiger partial charge >= 0.3 is 5.97 Å². The normalized spacial score (nSPS) is 12.1. The van der Waals surface area contributed by atoms with Gasteiger partial charge in [-0.1, -0.05) is 23.7 Å². The van der Waals surface area contributed by atoms with E-state index in [1.54, 1.807) is 24.3 Å². The SMILES string of the molecule is N[C@H](CC(=O)c1ccccc1Cl)C(=O)O. The Bertz CT molecular complexity index is 392. The quantitative estimate of drug-likeness (QED) is 0.761. The van der Waals surface area contributed by atoms with Crippen LogP contribution in [0.4, 0.5) is 0 Å². The fourth-order valence-electron chi connectivity index (χ4n) is 1.08. The summed E-state index contributed by atoms with van der Waals surface area (Å²) in [5.74, 6) is -1.56. The van der Waals surface area contributed by atoms with Crippen molar-refractivity contribution < 1.29 is 14.7 Å². The number of hydrogen-bond acceptors (Lipinski definition) is 3. The van der Waals surface area contributed by atoms with Crippen LogP contribution in [0.25, 0.3) is 0 Å². The number of halogens is 1. The van der Waals surface area contributed by atoms with Crippen molar-refractivity contribution in [2.75, 3.05) is 0 Å². The molecule has 4 nitrogen and oxygen atoms in total. The van der Waals surface area contributed by atoms with Gasteiger partial charge in [0.15, 0.2) is 5.78 Å². The zero-order chi connectivity index (χ0) is 11.4. The summed E-state index contributed by atoms with van der Waals surface area (Å²) in [4.78, 5) is 22.0. The molecule has 3 N–H and O–H groups in total. The summed E-state index contributed by atoms with van der Waals surface area (Å²) in [6.07, 6.45) is -0.251. The molecule has 0 radical (unpaired) electrons. The van der Waals surface area contributed by atoms with E-state index in [1.807, 2.05) is 0 Å². The van der Waals surface area contributed by atoms with Gasteiger partial charge in [0, 0.05) is 12.0 Å². The van der Waals surface area contributed by atoms with Crippen molar-refractivity contribution in [2.45, 2.75) is 12.5 Å². The molecule has 1 rings (SSSR count). The average molecular weight is 228 g/mol. The Hall–Kier alpha value is -1.39. The van der Waals surface area contributed by atoms with Crippen molar-refractivity contribution in [1.29, 1.82) is 0 Å². The Kier molecular flexibility index (Phi) is 3.82. The summed E-state index contributed by atoms with van der Waals surface area (Å²) in [7, 11) is 0. The van der Waals surface area contributed by atoms with Crippen LogP contribution in [0.3, 0.4) is 0 Å². The summed E-state index contributed by atoms with van der Waals surface area (Å²) in [6.45, 7) is 0. The molecular formula is C10H10ClNO3. The first-order valence-corrected chi connectivity index (χ1v) is 4.66. The highest BCUT2D eigenvalue weighted by atomic mass is 35.5. The molecule has 0 spiro atoms. The Morgan fingerprint density at radius 2 is 2.00 bits per heavy atom. The molecular weight excluding hydrogens is 218 g/mol. The lowest BCUT2D eigenvalue weighted by molar-refractivity contribution is -0.138. The third-order valence-corrected chi connectivity index (χ3v) is 2.23. The van der Waals surface area contributed by atoms with E-state index < -0.39 is 12.0 Å². The van der Waals surface area contributed by atoms with E-state index in [2.05, 4.69) is 0 Å². The first-order valence-electron chi connectivity index (χ1n) is 4.28. The Morgan fingerprint density at radius 3 is 2.53 bits per heavy atom. The predicted molar refractivity (Wildman–Crippen MR) is 56.0 cm³/mol. The highest BCUT2D eigenvalue weighted by Gasteiger charge is 2.18. The molecule has 80 valence electrons. The fourth-order valence-corrected chi connectivity index (χ4v) is 1.33. The predicted octanol–water partition coefficient (Wildman–Crippen LogP) is 1.32. The maximum absolute atomic E-state index is 11.6. The molecule has 0 amide bonds. The number of carboxylic acid groups (broad SMARTS) is 1. The molecule has 15 heavy (non-hydrogen) atoms. The minimum absolute atomic E-state index is 0.251. The highest BCUT2D eigenvalue weighted by Crippen LogP contribution is 2.17. The number of carbonyl (C=O) groups is 2. The maximum atomic E-state index is 11.6. The van der Waals surface area contributed by atoms with Gasteiger partial charge in [0.25, 0.3) is 0 Å². The fraction of sp³-hybridized carbons (Fsp3) is 0.200. The largest absolute Gasteiger partial charge is 0.480 e. The first-order chi connectivity index (χ1) is 7.02. The lowest BCUT2D eigenvalue weighted by atomic mass is 10.0. The van der Waals surface area contributed by atoms with Gasteiger partial charge in [-0.3, -0.25) is 9.59 Å². The second-order valence-electron chi connectivity index (χ2n) is 3.05. The van der Waals surface area contributed by atoms with Gasteiger partial charge in [0.2, 0.25) is 0 Å². The van der Waals surface area contributed by atoms with Crippen LogP contribution in [0.1, 0.15) is 16.8 Å². The zero-order valence-electron chi connectivity index (χ0n) is 7.81. The molecule has 1 aromatic rings. The summed E-state index contributed by atoms with van der Waals surface area (Å²) >= 11 is 5.77. The lowest BCUT2D eigenvalue weighted by Gasteiger charge is -2.06. The molecule has 0 aliphatic rings. The van der Waals surface area contributed by atoms with E-state index in [0.717, 1.165) is 0 Å². The third-order valence-electron chi connectivity index (χ3n) is 1.90. The van der Waals surface area contributed by atoms with Crippen molar-refractivity contribution in [2.24, 2.45) is 5.73 Å². The van der Waals surface area contributed by atoms with E-state index in [1.165, 1.54) is 0 Å². The minimum Gasteiger partial charge on any atom is -0.480 e. The van der Waals surface area contributed by atoms with Gasteiger partial charge in [-0.25, -0.2) is 0 Å². The number of carboxylic acids is 1. The molecule has 0 saturated carbocycles. The molecule has 1 aromatic carbocycles. The van der Waals surface area contributed by atoms with E-state index in [9.17, 15) is 9.59 Å². The van der Waals surface area contributed by atoms with Crippen LogP contribution in [-0.2, 0) is 4.79 Å². The highest BCUT2D eigenvalue weighted by molar-refractivity contribution is 6.34. The summed E-state index contributed by atoms with van der Waals surface area (Å²) in [5.41, 5.74) is 5.54. The Balaban J connectivity index is 2.78. The summed E-state index contributed by atoms with van der Waals surface area (Å²) < 4.78 is 0. The molecule has 0 aliphatic heterocycles. The standard InChI is InChI=1S/C10H10ClNO3/c11-7-4-2-1-3-6(7)9(13)5-8(12)10(14)15/h1-4,8H,5,12H2,(H,14,15)/t8-/m1/s1. The molecule has 0 fully saturated rings. The Morgan fingerprint density at radius 1 is 1.40 bits per heavy atom. The van der Waals surface area contributed by atoms with Gasteiger partial charge in [-0.15, -0.1) is 0 Å². The summed E-state index contributed by atoms with van der Waals surface area (Å²) in [6, 6.07) is 5.27. The first kappa shape index (κ1) is 11.7. The molecule has 0 unspecified atom stereocenters. The number of hydrogen-bond donors (Lipinski definition) is 2. The molecule has 0 aromatic heterocycles. The van der Waals surface area contributed by atoms with Crippen LogP contribution in [-0.4, -0.2) is 22.9 Å². The van der Waals surface area contributed by atoms with E-state index in [-0.39, 0.29) is 12.2 Å². The number of benzene rings is 1. The third kappa shape index (κ3) is 3.04. The number of carbonyl (C=O) groups excluding carboxylic acids is 1. The van der Waals surface area contributed by atoms with Gasteiger partial charge in [0.05, 0.1) is 5.02 Å². The lowest BCUT2D eigenvalue weighted by Crippen LogP contribution is -2.32. The molecule has 0 heterocycles. The van der Waals surface area contributed by atoms with E-state index in [4.69, 9.17) is 22.4 Å². The van der Waals surface area contributed by atoms with E-state index >= 15 is 0 Å². The number of Topliss-reactive ketones (excluding diaryl/α,β-unsaturated/α-hetero) is 1. The average Bonchev–Trinajstić information content (AvgIpc) is 2.18. The van der Waals surface area contributed by atoms with E-state index in [0.29, 0.717) is 10.6 Å². The van der Waals surface area contributed by atoms with Crippen molar-refractivity contribution >= 4 is 23.4 Å². The second-order valence-corrected chi connectivity index (χ2v) is 3.46. The maximum Gasteiger partial charge on any atom is 0.320 e. The van der Waals surface area contributed by atoms with Crippen LogP contribution in [0.5, 0.6) is 0 Å². The van der Waals surface area contributed by atoms with Crippen molar-refractivity contribution in [1.82, 2.24) is 0 Å². The number of aliphatic carboxylic acids is 1. The van der Waals surface area contributed by atoms with Crippen molar-refractivity contribution in [3.63, 3.8) is 0 Å². The zero-order valence-corrected chi connectivity index (χ0v) is 8.57. The summed E-state index contributed by atoms with van der Waals surface area (Å²) in [5, 5.41) is 8.84. The number of rotatable bonds is 4. The molecule has 0 bridgehead atoms. The molecule has 0 saturated heterocycles. The van der Waals surface area contributed by atoms with Crippen LogP contribution in [0.15, 0.2) is 24.3 Å². The molecule has 1 atom stereocenters. The minimum atomic E-state index is -1.20. The molecule has 0 aliphatic carbocycles.